The molecule has 0 amide bonds. The summed E-state index contributed by atoms with van der Waals surface area (Å²) in [6.07, 6.45) is 2.13. The van der Waals surface area contributed by atoms with Crippen LogP contribution in [0.3, 0.4) is 0 Å². The quantitative estimate of drug-likeness (QED) is 0.848. The van der Waals surface area contributed by atoms with Crippen molar-refractivity contribution in [3.8, 4) is 0 Å². The Bertz CT molecular complexity index is 363. The Labute approximate surface area is 103 Å². The highest BCUT2D eigenvalue weighted by Gasteiger charge is 2.24. The molecule has 94 valence electrons. The Morgan fingerprint density at radius 2 is 2.24 bits per heavy atom. The van der Waals surface area contributed by atoms with Gasteiger partial charge in [-0.1, -0.05) is 6.07 Å². The van der Waals surface area contributed by atoms with E-state index in [1.165, 1.54) is 0 Å². The van der Waals surface area contributed by atoms with E-state index in [2.05, 4.69) is 29.8 Å². The predicted octanol–water partition coefficient (Wildman–Crippen LogP) is 1.71. The minimum absolute atomic E-state index is 0.0394. The molecule has 1 fully saturated rings. The molecule has 2 unspecified atom stereocenters. The van der Waals surface area contributed by atoms with Crippen LogP contribution in [0.15, 0.2) is 18.3 Å². The van der Waals surface area contributed by atoms with E-state index in [9.17, 15) is 0 Å². The Kier molecular flexibility index (Phi) is 3.64. The number of nitrogens with zero attached hydrogens (tertiary/aromatic N) is 2. The van der Waals surface area contributed by atoms with E-state index in [1.54, 1.807) is 0 Å². The molecule has 0 spiro atoms. The molecule has 0 aromatic carbocycles. The Morgan fingerprint density at radius 3 is 2.82 bits per heavy atom. The van der Waals surface area contributed by atoms with Gasteiger partial charge in [0.2, 0.25) is 0 Å². The molecule has 4 nitrogen and oxygen atoms in total. The number of nitrogens with two attached hydrogens (primary N) is 1. The third-order valence-corrected chi connectivity index (χ3v) is 3.20. The van der Waals surface area contributed by atoms with Crippen molar-refractivity contribution in [2.45, 2.75) is 39.0 Å². The van der Waals surface area contributed by atoms with Crippen molar-refractivity contribution in [1.29, 1.82) is 0 Å². The van der Waals surface area contributed by atoms with Crippen LogP contribution in [0.1, 0.15) is 32.4 Å². The number of anilines is 1. The topological polar surface area (TPSA) is 51.4 Å². The number of aromatic nitrogens is 1. The maximum absolute atomic E-state index is 5.82. The van der Waals surface area contributed by atoms with Crippen molar-refractivity contribution in [3.05, 3.63) is 23.9 Å². The van der Waals surface area contributed by atoms with Gasteiger partial charge in [-0.15, -0.1) is 0 Å². The van der Waals surface area contributed by atoms with E-state index in [0.717, 1.165) is 24.5 Å². The van der Waals surface area contributed by atoms with Crippen LogP contribution < -0.4 is 10.6 Å². The fourth-order valence-electron chi connectivity index (χ4n) is 2.06. The number of hydrogen-bond donors (Lipinski definition) is 1. The minimum atomic E-state index is 0.0394. The summed E-state index contributed by atoms with van der Waals surface area (Å²) >= 11 is 0. The first-order valence-corrected chi connectivity index (χ1v) is 6.17. The van der Waals surface area contributed by atoms with Gasteiger partial charge in [0.25, 0.3) is 0 Å². The molecule has 0 saturated carbocycles. The van der Waals surface area contributed by atoms with Crippen LogP contribution in [0.2, 0.25) is 0 Å². The molecule has 1 saturated heterocycles. The van der Waals surface area contributed by atoms with Crippen molar-refractivity contribution >= 4 is 5.82 Å². The highest BCUT2D eigenvalue weighted by molar-refractivity contribution is 5.41. The van der Waals surface area contributed by atoms with Gasteiger partial charge in [-0.3, -0.25) is 0 Å². The summed E-state index contributed by atoms with van der Waals surface area (Å²) < 4.78 is 5.61. The van der Waals surface area contributed by atoms with Crippen molar-refractivity contribution in [2.24, 2.45) is 5.73 Å². The fraction of sp³-hybridized carbons (Fsp3) is 0.615. The summed E-state index contributed by atoms with van der Waals surface area (Å²) in [7, 11) is 0. The minimum Gasteiger partial charge on any atom is -0.375 e. The maximum Gasteiger partial charge on any atom is 0.128 e. The molecule has 0 bridgehead atoms. The summed E-state index contributed by atoms with van der Waals surface area (Å²) in [5, 5.41) is 0. The molecule has 2 heterocycles. The lowest BCUT2D eigenvalue weighted by molar-refractivity contribution is 0.0340. The molecule has 0 aliphatic carbocycles. The molecule has 1 aromatic rings. The van der Waals surface area contributed by atoms with Crippen LogP contribution in [-0.4, -0.2) is 30.3 Å². The van der Waals surface area contributed by atoms with E-state index < -0.39 is 0 Å². The van der Waals surface area contributed by atoms with Crippen LogP contribution >= 0.6 is 0 Å². The maximum atomic E-state index is 5.82. The van der Waals surface area contributed by atoms with E-state index in [-0.39, 0.29) is 12.1 Å². The van der Waals surface area contributed by atoms with Gasteiger partial charge in [0.15, 0.2) is 0 Å². The van der Waals surface area contributed by atoms with Crippen LogP contribution in [0.5, 0.6) is 0 Å². The Balaban J connectivity index is 2.15. The van der Waals surface area contributed by atoms with Gasteiger partial charge in [-0.2, -0.15) is 0 Å². The summed E-state index contributed by atoms with van der Waals surface area (Å²) in [4.78, 5) is 6.79. The lowest BCUT2D eigenvalue weighted by atomic mass is 10.1. The number of hydrogen-bond acceptors (Lipinski definition) is 4. The second-order valence-electron chi connectivity index (χ2n) is 4.88. The lowest BCUT2D eigenvalue weighted by Crippen LogP contribution is -2.47. The summed E-state index contributed by atoms with van der Waals surface area (Å²) in [5.74, 6) is 1.01. The average molecular weight is 235 g/mol. The summed E-state index contributed by atoms with van der Waals surface area (Å²) in [6.45, 7) is 7.88. The predicted molar refractivity (Wildman–Crippen MR) is 69.1 cm³/mol. The zero-order valence-corrected chi connectivity index (χ0v) is 10.8. The summed E-state index contributed by atoms with van der Waals surface area (Å²) in [5.41, 5.74) is 6.89. The van der Waals surface area contributed by atoms with Gasteiger partial charge in [-0.25, -0.2) is 4.98 Å². The van der Waals surface area contributed by atoms with Gasteiger partial charge in [0, 0.05) is 18.8 Å². The van der Waals surface area contributed by atoms with E-state index in [0.29, 0.717) is 6.04 Å². The third-order valence-electron chi connectivity index (χ3n) is 3.20. The lowest BCUT2D eigenvalue weighted by Gasteiger charge is -2.37. The second kappa shape index (κ2) is 5.02. The van der Waals surface area contributed by atoms with Gasteiger partial charge in [0.1, 0.15) is 5.82 Å². The van der Waals surface area contributed by atoms with Crippen LogP contribution in [0, 0.1) is 0 Å². The molecule has 17 heavy (non-hydrogen) atoms. The molecule has 1 aliphatic rings. The second-order valence-corrected chi connectivity index (χ2v) is 4.88. The number of ether oxygens (including phenoxy) is 1. The van der Waals surface area contributed by atoms with Gasteiger partial charge >= 0.3 is 0 Å². The van der Waals surface area contributed by atoms with Gasteiger partial charge in [-0.05, 0) is 32.4 Å². The highest BCUT2D eigenvalue weighted by Crippen LogP contribution is 2.20. The zero-order chi connectivity index (χ0) is 12.4. The monoisotopic (exact) mass is 235 g/mol. The zero-order valence-electron chi connectivity index (χ0n) is 10.8. The molecule has 0 radical (unpaired) electrons. The van der Waals surface area contributed by atoms with Crippen molar-refractivity contribution in [1.82, 2.24) is 4.98 Å². The first kappa shape index (κ1) is 12.3. The van der Waals surface area contributed by atoms with Crippen molar-refractivity contribution in [3.63, 3.8) is 0 Å². The fourth-order valence-corrected chi connectivity index (χ4v) is 2.06. The first-order valence-electron chi connectivity index (χ1n) is 6.17. The van der Waals surface area contributed by atoms with E-state index >= 15 is 0 Å². The van der Waals surface area contributed by atoms with Crippen molar-refractivity contribution in [2.75, 3.05) is 18.1 Å². The summed E-state index contributed by atoms with van der Waals surface area (Å²) in [6, 6.07) is 4.52. The average Bonchev–Trinajstić information content (AvgIpc) is 2.32. The normalized spacial score (nSPS) is 26.9. The molecular weight excluding hydrogens is 214 g/mol. The molecule has 2 N–H and O–H groups in total. The molecule has 4 heteroatoms. The number of morpholine rings is 1. The van der Waals surface area contributed by atoms with E-state index in [4.69, 9.17) is 10.5 Å². The smallest absolute Gasteiger partial charge is 0.128 e. The van der Waals surface area contributed by atoms with Crippen molar-refractivity contribution < 1.29 is 4.74 Å². The van der Waals surface area contributed by atoms with Crippen LogP contribution in [-0.2, 0) is 4.74 Å². The number of rotatable bonds is 2. The molecule has 1 aliphatic heterocycles. The van der Waals surface area contributed by atoms with Crippen LogP contribution in [0.25, 0.3) is 0 Å². The molecule has 3 atom stereocenters. The standard InChI is InChI=1S/C13H21N3O/c1-9-8-17-10(2)7-16(9)13-5-4-12(6-15-13)11(3)14/h4-6,9-11H,7-8,14H2,1-3H3/t9?,10?,11-/m0/s1. The number of pyridine rings is 1. The first-order chi connectivity index (χ1) is 8.08. The molecule has 1 aromatic heterocycles. The van der Waals surface area contributed by atoms with Gasteiger partial charge < -0.3 is 15.4 Å². The molecular formula is C13H21N3O. The highest BCUT2D eigenvalue weighted by atomic mass is 16.5. The third kappa shape index (κ3) is 2.76. The Hall–Kier alpha value is -1.13. The molecule has 2 rings (SSSR count). The SMILES string of the molecule is CC1CN(c2ccc([C@H](C)N)cn2)C(C)CO1. The Morgan fingerprint density at radius 1 is 1.47 bits per heavy atom. The van der Waals surface area contributed by atoms with Crippen LogP contribution in [0.4, 0.5) is 5.82 Å². The van der Waals surface area contributed by atoms with E-state index in [1.807, 2.05) is 19.2 Å². The van der Waals surface area contributed by atoms with Gasteiger partial charge in [0.05, 0.1) is 18.8 Å². The largest absolute Gasteiger partial charge is 0.375 e.